The minimum atomic E-state index is -0.199. The summed E-state index contributed by atoms with van der Waals surface area (Å²) in [5.74, 6) is -0.199. The van der Waals surface area contributed by atoms with Gasteiger partial charge in [0.15, 0.2) is 0 Å². The van der Waals surface area contributed by atoms with Crippen LogP contribution >= 0.6 is 15.9 Å². The zero-order valence-electron chi connectivity index (χ0n) is 8.30. The Labute approximate surface area is 96.9 Å². The summed E-state index contributed by atoms with van der Waals surface area (Å²) < 4.78 is 14.4. The van der Waals surface area contributed by atoms with Gasteiger partial charge in [-0.15, -0.1) is 0 Å². The lowest BCUT2D eigenvalue weighted by Crippen LogP contribution is -1.84. The Bertz CT molecular complexity index is 492. The maximum absolute atomic E-state index is 13.6. The molecule has 2 heteroatoms. The number of hydrogen-bond acceptors (Lipinski definition) is 0. The van der Waals surface area contributed by atoms with Crippen molar-refractivity contribution in [1.29, 1.82) is 0 Å². The van der Waals surface area contributed by atoms with Gasteiger partial charge in [0.05, 0.1) is 0 Å². The summed E-state index contributed by atoms with van der Waals surface area (Å²) >= 11 is 3.24. The van der Waals surface area contributed by atoms with Gasteiger partial charge in [-0.1, -0.05) is 51.8 Å². The number of hydrogen-bond donors (Lipinski definition) is 0. The van der Waals surface area contributed by atoms with Crippen LogP contribution < -0.4 is 0 Å². The lowest BCUT2D eigenvalue weighted by atomic mass is 10.0. The highest BCUT2D eigenvalue weighted by Gasteiger charge is 2.04. The van der Waals surface area contributed by atoms with Gasteiger partial charge in [-0.3, -0.25) is 0 Å². The zero-order chi connectivity index (χ0) is 10.8. The van der Waals surface area contributed by atoms with E-state index in [9.17, 15) is 4.39 Å². The van der Waals surface area contributed by atoms with Crippen molar-refractivity contribution in [2.24, 2.45) is 0 Å². The Balaban J connectivity index is 2.54. The summed E-state index contributed by atoms with van der Waals surface area (Å²) in [5.41, 5.74) is 2.69. The van der Waals surface area contributed by atoms with Gasteiger partial charge in [-0.05, 0) is 24.6 Å². The molecule has 0 radical (unpaired) electrons. The Hall–Kier alpha value is -1.15. The van der Waals surface area contributed by atoms with E-state index >= 15 is 0 Å². The van der Waals surface area contributed by atoms with Crippen LogP contribution in [0.15, 0.2) is 46.9 Å². The largest absolute Gasteiger partial charge is 0.206 e. The van der Waals surface area contributed by atoms with Crippen molar-refractivity contribution in [2.45, 2.75) is 6.92 Å². The predicted octanol–water partition coefficient (Wildman–Crippen LogP) is 4.56. The van der Waals surface area contributed by atoms with Crippen LogP contribution in [0.5, 0.6) is 0 Å². The number of halogens is 2. The van der Waals surface area contributed by atoms with Crippen molar-refractivity contribution in [3.63, 3.8) is 0 Å². The van der Waals surface area contributed by atoms with Crippen LogP contribution in [-0.4, -0.2) is 0 Å². The minimum absolute atomic E-state index is 0.199. The molecule has 0 N–H and O–H groups in total. The summed E-state index contributed by atoms with van der Waals surface area (Å²) in [6.07, 6.45) is 0. The van der Waals surface area contributed by atoms with Crippen molar-refractivity contribution in [3.8, 4) is 11.1 Å². The Morgan fingerprint density at radius 2 is 1.87 bits per heavy atom. The van der Waals surface area contributed by atoms with E-state index in [1.54, 1.807) is 6.07 Å². The second kappa shape index (κ2) is 4.15. The van der Waals surface area contributed by atoms with E-state index in [4.69, 9.17) is 0 Å². The van der Waals surface area contributed by atoms with Gasteiger partial charge in [0.2, 0.25) is 0 Å². The lowest BCUT2D eigenvalue weighted by Gasteiger charge is -2.04. The molecule has 2 aromatic rings. The van der Waals surface area contributed by atoms with E-state index in [-0.39, 0.29) is 5.82 Å². The van der Waals surface area contributed by atoms with Gasteiger partial charge < -0.3 is 0 Å². The van der Waals surface area contributed by atoms with Crippen LogP contribution in [-0.2, 0) is 0 Å². The molecule has 0 aliphatic carbocycles. The molecule has 0 amide bonds. The third-order valence-electron chi connectivity index (χ3n) is 2.26. The maximum atomic E-state index is 13.6. The van der Waals surface area contributed by atoms with Crippen LogP contribution in [0, 0.1) is 12.7 Å². The Morgan fingerprint density at radius 3 is 2.53 bits per heavy atom. The molecule has 0 bridgehead atoms. The zero-order valence-corrected chi connectivity index (χ0v) is 9.88. The summed E-state index contributed by atoms with van der Waals surface area (Å²) in [6.45, 7) is 2.00. The van der Waals surface area contributed by atoms with E-state index in [1.165, 1.54) is 6.07 Å². The molecule has 0 unspecified atom stereocenters. The number of aryl methyl sites for hydroxylation is 1. The highest BCUT2D eigenvalue weighted by atomic mass is 79.9. The minimum Gasteiger partial charge on any atom is -0.206 e. The van der Waals surface area contributed by atoms with Gasteiger partial charge in [0.1, 0.15) is 5.82 Å². The first kappa shape index (κ1) is 10.4. The second-order valence-electron chi connectivity index (χ2n) is 3.49. The van der Waals surface area contributed by atoms with Crippen molar-refractivity contribution >= 4 is 15.9 Å². The van der Waals surface area contributed by atoms with Gasteiger partial charge >= 0.3 is 0 Å². The highest BCUT2D eigenvalue weighted by Crippen LogP contribution is 2.25. The van der Waals surface area contributed by atoms with Gasteiger partial charge in [-0.2, -0.15) is 0 Å². The fourth-order valence-electron chi connectivity index (χ4n) is 1.54. The molecule has 0 spiro atoms. The fourth-order valence-corrected chi connectivity index (χ4v) is 1.87. The van der Waals surface area contributed by atoms with Gasteiger partial charge in [0, 0.05) is 10.0 Å². The standard InChI is InChI=1S/C13H10BrF/c1-9-3-2-4-10(7-9)12-6-5-11(14)8-13(12)15/h2-8H,1H3. The number of benzene rings is 2. The molecule has 0 aliphatic heterocycles. The van der Waals surface area contributed by atoms with E-state index in [0.717, 1.165) is 15.6 Å². The Morgan fingerprint density at radius 1 is 1.07 bits per heavy atom. The van der Waals surface area contributed by atoms with E-state index in [2.05, 4.69) is 15.9 Å². The molecule has 0 fully saturated rings. The molecule has 0 atom stereocenters. The molecule has 0 nitrogen and oxygen atoms in total. The topological polar surface area (TPSA) is 0 Å². The van der Waals surface area contributed by atoms with Crippen LogP contribution in [0.25, 0.3) is 11.1 Å². The van der Waals surface area contributed by atoms with Crippen molar-refractivity contribution < 1.29 is 4.39 Å². The van der Waals surface area contributed by atoms with Crippen molar-refractivity contribution in [2.75, 3.05) is 0 Å². The van der Waals surface area contributed by atoms with Crippen LogP contribution in [0.2, 0.25) is 0 Å². The molecule has 0 aromatic heterocycles. The van der Waals surface area contributed by atoms with E-state index in [1.807, 2.05) is 37.3 Å². The quantitative estimate of drug-likeness (QED) is 0.708. The first-order valence-electron chi connectivity index (χ1n) is 4.69. The van der Waals surface area contributed by atoms with Crippen molar-refractivity contribution in [3.05, 3.63) is 58.3 Å². The van der Waals surface area contributed by atoms with E-state index in [0.29, 0.717) is 5.56 Å². The summed E-state index contributed by atoms with van der Waals surface area (Å²) in [6, 6.07) is 12.9. The van der Waals surface area contributed by atoms with Gasteiger partial charge in [-0.25, -0.2) is 4.39 Å². The smallest absolute Gasteiger partial charge is 0.132 e. The molecule has 0 aliphatic rings. The summed E-state index contributed by atoms with van der Waals surface area (Å²) in [5, 5.41) is 0. The summed E-state index contributed by atoms with van der Waals surface area (Å²) in [7, 11) is 0. The maximum Gasteiger partial charge on any atom is 0.132 e. The molecule has 0 saturated heterocycles. The fraction of sp³-hybridized carbons (Fsp3) is 0.0769. The number of rotatable bonds is 1. The average Bonchev–Trinajstić information content (AvgIpc) is 2.17. The molecule has 0 heterocycles. The molecular weight excluding hydrogens is 255 g/mol. The monoisotopic (exact) mass is 264 g/mol. The molecule has 76 valence electrons. The average molecular weight is 265 g/mol. The first-order valence-corrected chi connectivity index (χ1v) is 5.48. The van der Waals surface area contributed by atoms with Crippen LogP contribution in [0.4, 0.5) is 4.39 Å². The molecule has 2 rings (SSSR count). The lowest BCUT2D eigenvalue weighted by molar-refractivity contribution is 0.630. The SMILES string of the molecule is Cc1cccc(-c2ccc(Br)cc2F)c1. The molecule has 15 heavy (non-hydrogen) atoms. The molecule has 2 aromatic carbocycles. The van der Waals surface area contributed by atoms with Crippen LogP contribution in [0.3, 0.4) is 0 Å². The highest BCUT2D eigenvalue weighted by molar-refractivity contribution is 9.10. The predicted molar refractivity (Wildman–Crippen MR) is 64.3 cm³/mol. The third-order valence-corrected chi connectivity index (χ3v) is 2.75. The summed E-state index contributed by atoms with van der Waals surface area (Å²) in [4.78, 5) is 0. The molecule has 0 saturated carbocycles. The normalized spacial score (nSPS) is 10.3. The first-order chi connectivity index (χ1) is 7.16. The van der Waals surface area contributed by atoms with Crippen molar-refractivity contribution in [1.82, 2.24) is 0 Å². The Kier molecular flexibility index (Phi) is 2.87. The van der Waals surface area contributed by atoms with E-state index < -0.39 is 0 Å². The van der Waals surface area contributed by atoms with Crippen LogP contribution in [0.1, 0.15) is 5.56 Å². The molecular formula is C13H10BrF. The van der Waals surface area contributed by atoms with Gasteiger partial charge in [0.25, 0.3) is 0 Å². The second-order valence-corrected chi connectivity index (χ2v) is 4.41. The third kappa shape index (κ3) is 2.26.